The summed E-state index contributed by atoms with van der Waals surface area (Å²) in [6.45, 7) is 0. The number of benzene rings is 3. The third kappa shape index (κ3) is 2.71. The molecule has 0 heterocycles. The molecule has 0 aromatic heterocycles. The van der Waals surface area contributed by atoms with Gasteiger partial charge in [0.15, 0.2) is 0 Å². The Bertz CT molecular complexity index is 689. The summed E-state index contributed by atoms with van der Waals surface area (Å²) >= 11 is 3.67. The van der Waals surface area contributed by atoms with E-state index >= 15 is 0 Å². The van der Waals surface area contributed by atoms with Crippen LogP contribution in [0.4, 0.5) is 0 Å². The number of halogens is 1. The highest BCUT2D eigenvalue weighted by Crippen LogP contribution is 2.51. The largest absolute Gasteiger partial charge is 0.383 e. The Balaban J connectivity index is 2.29. The third-order valence-corrected chi connectivity index (χ3v) is 7.93. The maximum absolute atomic E-state index is 7.04. The molecule has 21 heavy (non-hydrogen) atoms. The molecule has 3 aromatic carbocycles. The van der Waals surface area contributed by atoms with Crippen molar-refractivity contribution in [2.24, 2.45) is 0 Å². The van der Waals surface area contributed by atoms with Crippen LogP contribution in [0.5, 0.6) is 0 Å². The van der Waals surface area contributed by atoms with E-state index in [0.29, 0.717) is 0 Å². The summed E-state index contributed by atoms with van der Waals surface area (Å²) < 4.78 is 1.06. The minimum absolute atomic E-state index is 1.06. The molecular formula is C18H14BBrP+. The van der Waals surface area contributed by atoms with Gasteiger partial charge in [0.25, 0.3) is 0 Å². The first kappa shape index (κ1) is 14.6. The first-order valence-corrected chi connectivity index (χ1v) is 9.42. The Kier molecular flexibility index (Phi) is 4.28. The van der Waals surface area contributed by atoms with Gasteiger partial charge >= 0.3 is 7.57 Å². The van der Waals surface area contributed by atoms with Crippen molar-refractivity contribution in [2.45, 2.75) is 0 Å². The normalized spacial score (nSPS) is 11.3. The summed E-state index contributed by atoms with van der Waals surface area (Å²) in [4.78, 5) is 0. The van der Waals surface area contributed by atoms with Crippen molar-refractivity contribution in [3.05, 3.63) is 89.4 Å². The maximum atomic E-state index is 7.04. The van der Waals surface area contributed by atoms with E-state index in [1.165, 1.54) is 15.9 Å². The fourth-order valence-electron chi connectivity index (χ4n) is 2.49. The van der Waals surface area contributed by atoms with Crippen LogP contribution in [0.25, 0.3) is 0 Å². The van der Waals surface area contributed by atoms with Gasteiger partial charge in [-0.25, -0.2) is 0 Å². The smallest absolute Gasteiger partial charge is 0.0620 e. The lowest BCUT2D eigenvalue weighted by molar-refractivity contribution is 1.70. The maximum Gasteiger partial charge on any atom is 0.383 e. The van der Waals surface area contributed by atoms with E-state index in [1.54, 1.807) is 0 Å². The van der Waals surface area contributed by atoms with Crippen molar-refractivity contribution in [1.82, 2.24) is 0 Å². The van der Waals surface area contributed by atoms with E-state index in [9.17, 15) is 0 Å². The molecule has 3 rings (SSSR count). The van der Waals surface area contributed by atoms with Gasteiger partial charge in [0.2, 0.25) is 0 Å². The Morgan fingerprint density at radius 1 is 0.619 bits per heavy atom. The molecule has 0 N–H and O–H groups in total. The minimum atomic E-state index is -2.11. The van der Waals surface area contributed by atoms with Crippen LogP contribution >= 0.6 is 23.1 Å². The lowest BCUT2D eigenvalue weighted by atomic mass is 10.3. The van der Waals surface area contributed by atoms with Gasteiger partial charge in [-0.15, -0.1) is 0 Å². The highest BCUT2D eigenvalue weighted by atomic mass is 79.9. The van der Waals surface area contributed by atoms with Crippen molar-refractivity contribution >= 4 is 46.6 Å². The lowest BCUT2D eigenvalue weighted by Crippen LogP contribution is -2.31. The SMILES string of the molecule is [B][P+](c1ccccc1)(c1ccccc1)c1ccccc1Br. The fourth-order valence-corrected chi connectivity index (χ4v) is 6.49. The molecule has 0 fully saturated rings. The highest BCUT2D eigenvalue weighted by Gasteiger charge is 2.41. The molecule has 0 saturated heterocycles. The van der Waals surface area contributed by atoms with Crippen LogP contribution in [0, 0.1) is 0 Å². The van der Waals surface area contributed by atoms with Crippen molar-refractivity contribution in [2.75, 3.05) is 0 Å². The second kappa shape index (κ2) is 6.18. The Morgan fingerprint density at radius 3 is 1.52 bits per heavy atom. The molecule has 0 nitrogen and oxygen atoms in total. The molecule has 0 aliphatic heterocycles. The van der Waals surface area contributed by atoms with Gasteiger partial charge in [-0.05, 0) is 52.3 Å². The molecule has 0 aliphatic rings. The number of hydrogen-bond acceptors (Lipinski definition) is 0. The van der Waals surface area contributed by atoms with Crippen LogP contribution in [0.15, 0.2) is 89.4 Å². The fraction of sp³-hybridized carbons (Fsp3) is 0. The molecule has 0 atom stereocenters. The van der Waals surface area contributed by atoms with E-state index in [0.717, 1.165) is 4.47 Å². The predicted octanol–water partition coefficient (Wildman–Crippen LogP) is 3.83. The Labute approximate surface area is 136 Å². The topological polar surface area (TPSA) is 0 Å². The zero-order valence-corrected chi connectivity index (χ0v) is 14.0. The van der Waals surface area contributed by atoms with Crippen LogP contribution in [0.3, 0.4) is 0 Å². The zero-order chi connectivity index (χ0) is 14.7. The van der Waals surface area contributed by atoms with Gasteiger partial charge in [0.1, 0.15) is 5.30 Å². The summed E-state index contributed by atoms with van der Waals surface area (Å²) in [5.74, 6) is 0. The Morgan fingerprint density at radius 2 is 1.05 bits per heavy atom. The van der Waals surface area contributed by atoms with Gasteiger partial charge in [0.05, 0.1) is 22.2 Å². The molecule has 0 aliphatic carbocycles. The highest BCUT2D eigenvalue weighted by molar-refractivity contribution is 9.10. The first-order chi connectivity index (χ1) is 10.2. The average Bonchev–Trinajstić information content (AvgIpc) is 2.56. The third-order valence-electron chi connectivity index (χ3n) is 3.56. The molecule has 0 unspecified atom stereocenters. The molecule has 3 aromatic rings. The van der Waals surface area contributed by atoms with Crippen LogP contribution in [0.2, 0.25) is 0 Å². The number of hydrogen-bond donors (Lipinski definition) is 0. The molecule has 0 amide bonds. The van der Waals surface area contributed by atoms with Gasteiger partial charge < -0.3 is 0 Å². The predicted molar refractivity (Wildman–Crippen MR) is 98.6 cm³/mol. The van der Waals surface area contributed by atoms with Gasteiger partial charge in [-0.1, -0.05) is 48.5 Å². The van der Waals surface area contributed by atoms with Gasteiger partial charge in [0, 0.05) is 0 Å². The molecule has 100 valence electrons. The quantitative estimate of drug-likeness (QED) is 0.497. The second-order valence-electron chi connectivity index (χ2n) is 4.85. The van der Waals surface area contributed by atoms with Crippen LogP contribution in [0.1, 0.15) is 0 Å². The summed E-state index contributed by atoms with van der Waals surface area (Å²) in [6, 6.07) is 29.0. The van der Waals surface area contributed by atoms with Gasteiger partial charge in [-0.3, -0.25) is 0 Å². The second-order valence-corrected chi connectivity index (χ2v) is 8.66. The van der Waals surface area contributed by atoms with E-state index in [2.05, 4.69) is 76.6 Å². The van der Waals surface area contributed by atoms with Crippen LogP contribution in [-0.2, 0) is 0 Å². The van der Waals surface area contributed by atoms with Gasteiger partial charge in [-0.2, -0.15) is 0 Å². The molecule has 0 saturated carbocycles. The van der Waals surface area contributed by atoms with Crippen molar-refractivity contribution in [3.63, 3.8) is 0 Å². The van der Waals surface area contributed by atoms with Crippen LogP contribution < -0.4 is 15.9 Å². The Hall–Kier alpha value is -1.37. The van der Waals surface area contributed by atoms with E-state index in [-0.39, 0.29) is 0 Å². The lowest BCUT2D eigenvalue weighted by Gasteiger charge is -2.24. The minimum Gasteiger partial charge on any atom is -0.0620 e. The molecule has 0 spiro atoms. The van der Waals surface area contributed by atoms with Crippen molar-refractivity contribution < 1.29 is 0 Å². The van der Waals surface area contributed by atoms with E-state index in [1.807, 2.05) is 24.3 Å². The standard InChI is InChI=1S/C18H14BBrP/c19-21(15-9-3-1-4-10-15,16-11-5-2-6-12-16)18-14-8-7-13-17(18)20/h1-14H/q+1. The molecule has 0 bridgehead atoms. The monoisotopic (exact) mass is 351 g/mol. The van der Waals surface area contributed by atoms with E-state index < -0.39 is 7.14 Å². The summed E-state index contributed by atoms with van der Waals surface area (Å²) in [5.41, 5.74) is 0. The summed E-state index contributed by atoms with van der Waals surface area (Å²) in [6.07, 6.45) is 0. The molecular weight excluding hydrogens is 338 g/mol. The van der Waals surface area contributed by atoms with Crippen molar-refractivity contribution in [1.29, 1.82) is 0 Å². The molecule has 3 heteroatoms. The summed E-state index contributed by atoms with van der Waals surface area (Å²) in [7, 11) is 4.93. The summed E-state index contributed by atoms with van der Waals surface area (Å²) in [5, 5.41) is 3.54. The van der Waals surface area contributed by atoms with E-state index in [4.69, 9.17) is 7.57 Å². The molecule has 2 radical (unpaired) electrons. The first-order valence-electron chi connectivity index (χ1n) is 6.77. The zero-order valence-electron chi connectivity index (χ0n) is 11.5. The van der Waals surface area contributed by atoms with Crippen molar-refractivity contribution in [3.8, 4) is 0 Å². The average molecular weight is 352 g/mol. The van der Waals surface area contributed by atoms with Crippen LogP contribution in [-0.4, -0.2) is 7.57 Å². The number of rotatable bonds is 3.